The number of rotatable bonds is 3. The molecule has 2 aromatic rings. The Labute approximate surface area is 125 Å². The number of likely N-dealkylation sites (N-methyl/N-ethyl adjacent to an activating group) is 1. The van der Waals surface area contributed by atoms with E-state index in [0.717, 1.165) is 41.8 Å². The van der Waals surface area contributed by atoms with E-state index in [1.807, 2.05) is 38.4 Å². The largest absolute Gasteiger partial charge is 0.387 e. The minimum absolute atomic E-state index is 0.610. The van der Waals surface area contributed by atoms with Gasteiger partial charge in [0.1, 0.15) is 5.52 Å². The Morgan fingerprint density at radius 1 is 1.38 bits per heavy atom. The summed E-state index contributed by atoms with van der Waals surface area (Å²) in [6.07, 6.45) is 3.63. The smallest absolute Gasteiger partial charge is 0.112 e. The predicted molar refractivity (Wildman–Crippen MR) is 84.6 cm³/mol. The first-order valence-electron chi connectivity index (χ1n) is 7.46. The van der Waals surface area contributed by atoms with Gasteiger partial charge in [0.05, 0.1) is 16.8 Å². The van der Waals surface area contributed by atoms with Crippen LogP contribution in [0.1, 0.15) is 18.5 Å². The van der Waals surface area contributed by atoms with E-state index in [1.165, 1.54) is 0 Å². The highest BCUT2D eigenvalue weighted by atomic mass is 16.3. The predicted octanol–water partition coefficient (Wildman–Crippen LogP) is 1.49. The molecular weight excluding hydrogens is 264 g/mol. The molecule has 21 heavy (non-hydrogen) atoms. The SMILES string of the molecule is CNC[C@@]1(O)CCCN(c2ccnc3ccc(C)nc23)C1. The van der Waals surface area contributed by atoms with Crippen molar-refractivity contribution in [1.82, 2.24) is 15.3 Å². The van der Waals surface area contributed by atoms with Gasteiger partial charge in [0.15, 0.2) is 0 Å². The van der Waals surface area contributed by atoms with Crippen molar-refractivity contribution in [2.75, 3.05) is 31.6 Å². The molecule has 2 aromatic heterocycles. The number of aryl methyl sites for hydroxylation is 1. The summed E-state index contributed by atoms with van der Waals surface area (Å²) < 4.78 is 0. The Hall–Kier alpha value is -1.72. The number of nitrogens with one attached hydrogen (secondary N) is 1. The van der Waals surface area contributed by atoms with Crippen molar-refractivity contribution in [3.63, 3.8) is 0 Å². The number of aliphatic hydroxyl groups is 1. The summed E-state index contributed by atoms with van der Waals surface area (Å²) in [5, 5.41) is 13.8. The van der Waals surface area contributed by atoms with Crippen LogP contribution >= 0.6 is 0 Å². The van der Waals surface area contributed by atoms with Gasteiger partial charge in [-0.1, -0.05) is 0 Å². The highest BCUT2D eigenvalue weighted by Crippen LogP contribution is 2.29. The quantitative estimate of drug-likeness (QED) is 0.895. The molecule has 1 fully saturated rings. The van der Waals surface area contributed by atoms with E-state index in [4.69, 9.17) is 0 Å². The van der Waals surface area contributed by atoms with Crippen LogP contribution in [0.5, 0.6) is 0 Å². The summed E-state index contributed by atoms with van der Waals surface area (Å²) in [4.78, 5) is 11.3. The maximum absolute atomic E-state index is 10.7. The third-order valence-electron chi connectivity index (χ3n) is 4.10. The molecule has 5 nitrogen and oxygen atoms in total. The Morgan fingerprint density at radius 3 is 3.05 bits per heavy atom. The van der Waals surface area contributed by atoms with Crippen molar-refractivity contribution in [3.05, 3.63) is 30.1 Å². The molecular formula is C16H22N4O. The second-order valence-electron chi connectivity index (χ2n) is 5.93. The number of anilines is 1. The molecule has 1 atom stereocenters. The van der Waals surface area contributed by atoms with Crippen molar-refractivity contribution in [1.29, 1.82) is 0 Å². The van der Waals surface area contributed by atoms with Crippen molar-refractivity contribution < 1.29 is 5.11 Å². The lowest BCUT2D eigenvalue weighted by molar-refractivity contribution is 0.0282. The molecule has 0 amide bonds. The number of piperidine rings is 1. The Kier molecular flexibility index (Phi) is 3.78. The van der Waals surface area contributed by atoms with E-state index in [0.29, 0.717) is 13.1 Å². The second kappa shape index (κ2) is 5.58. The minimum Gasteiger partial charge on any atom is -0.387 e. The molecule has 0 radical (unpaired) electrons. The van der Waals surface area contributed by atoms with E-state index in [1.54, 1.807) is 0 Å². The molecule has 2 N–H and O–H groups in total. The van der Waals surface area contributed by atoms with Gasteiger partial charge in [-0.25, -0.2) is 4.98 Å². The first-order valence-corrected chi connectivity index (χ1v) is 7.46. The maximum Gasteiger partial charge on any atom is 0.112 e. The van der Waals surface area contributed by atoms with Crippen LogP contribution in [0.2, 0.25) is 0 Å². The number of hydrogen-bond acceptors (Lipinski definition) is 5. The van der Waals surface area contributed by atoms with Crippen LogP contribution in [0.3, 0.4) is 0 Å². The molecule has 1 aliphatic rings. The lowest BCUT2D eigenvalue weighted by Crippen LogP contribution is -2.53. The first-order chi connectivity index (χ1) is 10.1. The zero-order valence-electron chi connectivity index (χ0n) is 12.6. The van der Waals surface area contributed by atoms with Gasteiger partial charge in [0, 0.05) is 31.5 Å². The van der Waals surface area contributed by atoms with Crippen LogP contribution in [-0.4, -0.2) is 47.4 Å². The fraction of sp³-hybridized carbons (Fsp3) is 0.500. The van der Waals surface area contributed by atoms with E-state index in [9.17, 15) is 5.11 Å². The van der Waals surface area contributed by atoms with E-state index in [-0.39, 0.29) is 0 Å². The van der Waals surface area contributed by atoms with E-state index in [2.05, 4.69) is 20.2 Å². The second-order valence-corrected chi connectivity index (χ2v) is 5.93. The van der Waals surface area contributed by atoms with Crippen LogP contribution < -0.4 is 10.2 Å². The van der Waals surface area contributed by atoms with Gasteiger partial charge in [-0.05, 0) is 45.0 Å². The normalized spacial score (nSPS) is 22.7. The highest BCUT2D eigenvalue weighted by molar-refractivity contribution is 5.88. The molecule has 1 aliphatic heterocycles. The average molecular weight is 286 g/mol. The van der Waals surface area contributed by atoms with Crippen LogP contribution in [0.4, 0.5) is 5.69 Å². The minimum atomic E-state index is -0.674. The van der Waals surface area contributed by atoms with Gasteiger partial charge in [0.25, 0.3) is 0 Å². The van der Waals surface area contributed by atoms with Gasteiger partial charge in [-0.15, -0.1) is 0 Å². The molecule has 0 saturated carbocycles. The topological polar surface area (TPSA) is 61.3 Å². The lowest BCUT2D eigenvalue weighted by Gasteiger charge is -2.40. The summed E-state index contributed by atoms with van der Waals surface area (Å²) in [5.74, 6) is 0. The van der Waals surface area contributed by atoms with Gasteiger partial charge < -0.3 is 15.3 Å². The van der Waals surface area contributed by atoms with E-state index < -0.39 is 5.60 Å². The van der Waals surface area contributed by atoms with Gasteiger partial charge in [0.2, 0.25) is 0 Å². The third kappa shape index (κ3) is 2.84. The van der Waals surface area contributed by atoms with Gasteiger partial charge in [-0.2, -0.15) is 0 Å². The van der Waals surface area contributed by atoms with Crippen molar-refractivity contribution in [3.8, 4) is 0 Å². The number of aromatic nitrogens is 2. The molecule has 0 aromatic carbocycles. The highest BCUT2D eigenvalue weighted by Gasteiger charge is 2.33. The van der Waals surface area contributed by atoms with Gasteiger partial charge >= 0.3 is 0 Å². The van der Waals surface area contributed by atoms with Gasteiger partial charge in [-0.3, -0.25) is 4.98 Å². The van der Waals surface area contributed by atoms with Crippen LogP contribution in [-0.2, 0) is 0 Å². The summed E-state index contributed by atoms with van der Waals surface area (Å²) in [6, 6.07) is 5.98. The molecule has 0 spiro atoms. The number of nitrogens with zero attached hydrogens (tertiary/aromatic N) is 3. The fourth-order valence-corrected chi connectivity index (χ4v) is 3.16. The molecule has 0 unspecified atom stereocenters. The summed E-state index contributed by atoms with van der Waals surface area (Å²) in [7, 11) is 1.88. The molecule has 1 saturated heterocycles. The standard InChI is InChI=1S/C16H22N4O/c1-12-4-5-13-15(19-12)14(6-8-18-13)20-9-3-7-16(21,11-20)10-17-2/h4-6,8,17,21H,3,7,9-11H2,1-2H3/t16-/m0/s1. The lowest BCUT2D eigenvalue weighted by atomic mass is 9.92. The summed E-state index contributed by atoms with van der Waals surface area (Å²) in [5.41, 5.74) is 3.20. The van der Waals surface area contributed by atoms with Crippen molar-refractivity contribution >= 4 is 16.7 Å². The number of fused-ring (bicyclic) bond motifs is 1. The fourth-order valence-electron chi connectivity index (χ4n) is 3.16. The van der Waals surface area contributed by atoms with Crippen molar-refractivity contribution in [2.45, 2.75) is 25.4 Å². The Bertz CT molecular complexity index is 641. The maximum atomic E-state index is 10.7. The third-order valence-corrected chi connectivity index (χ3v) is 4.10. The Morgan fingerprint density at radius 2 is 2.24 bits per heavy atom. The number of β-amino-alcohol motifs (C(OH)–C–C–N with tert-alkyl or cyclic N) is 1. The summed E-state index contributed by atoms with van der Waals surface area (Å²) >= 11 is 0. The zero-order valence-corrected chi connectivity index (χ0v) is 12.6. The molecule has 5 heteroatoms. The molecule has 3 heterocycles. The molecule has 112 valence electrons. The summed E-state index contributed by atoms with van der Waals surface area (Å²) in [6.45, 7) is 4.17. The van der Waals surface area contributed by atoms with Crippen LogP contribution in [0.25, 0.3) is 11.0 Å². The zero-order chi connectivity index (χ0) is 14.9. The molecule has 3 rings (SSSR count). The van der Waals surface area contributed by atoms with E-state index >= 15 is 0 Å². The first kappa shape index (κ1) is 14.2. The van der Waals surface area contributed by atoms with Crippen LogP contribution in [0.15, 0.2) is 24.4 Å². The monoisotopic (exact) mass is 286 g/mol. The molecule has 0 aliphatic carbocycles. The number of pyridine rings is 2. The van der Waals surface area contributed by atoms with Crippen LogP contribution in [0, 0.1) is 6.92 Å². The Balaban J connectivity index is 1.98. The molecule has 0 bridgehead atoms. The number of hydrogen-bond donors (Lipinski definition) is 2. The average Bonchev–Trinajstić information content (AvgIpc) is 2.46. The van der Waals surface area contributed by atoms with Crippen molar-refractivity contribution in [2.24, 2.45) is 0 Å².